The third-order valence-corrected chi connectivity index (χ3v) is 2.76. The Morgan fingerprint density at radius 2 is 2.25 bits per heavy atom. The topological polar surface area (TPSA) is 84.7 Å². The molecule has 1 unspecified atom stereocenters. The van der Waals surface area contributed by atoms with E-state index in [1.807, 2.05) is 6.92 Å². The molecule has 0 spiro atoms. The van der Waals surface area contributed by atoms with Gasteiger partial charge >= 0.3 is 0 Å². The van der Waals surface area contributed by atoms with Gasteiger partial charge in [0.25, 0.3) is 0 Å². The third kappa shape index (κ3) is 2.70. The Morgan fingerprint density at radius 1 is 1.56 bits per heavy atom. The Kier molecular flexibility index (Phi) is 4.26. The molecule has 0 radical (unpaired) electrons. The van der Waals surface area contributed by atoms with Crippen molar-refractivity contribution < 1.29 is 14.3 Å². The molecule has 92 valence electrons. The summed E-state index contributed by atoms with van der Waals surface area (Å²) in [4.78, 5) is 24.8. The molecule has 0 aromatic rings. The molecular formula is C10H19N3O3. The molecule has 1 heterocycles. The zero-order valence-corrected chi connectivity index (χ0v) is 9.78. The molecule has 1 aliphatic heterocycles. The van der Waals surface area contributed by atoms with Crippen molar-refractivity contribution in [2.45, 2.75) is 18.9 Å². The molecule has 1 aliphatic rings. The maximum absolute atomic E-state index is 12.1. The van der Waals surface area contributed by atoms with Gasteiger partial charge < -0.3 is 20.7 Å². The number of likely N-dealkylation sites (N-methyl/N-ethyl adjacent to an activating group) is 2. The summed E-state index contributed by atoms with van der Waals surface area (Å²) in [5, 5.41) is 2.48. The summed E-state index contributed by atoms with van der Waals surface area (Å²) in [6, 6.07) is 0. The van der Waals surface area contributed by atoms with Crippen LogP contribution in [0.2, 0.25) is 0 Å². The van der Waals surface area contributed by atoms with Crippen molar-refractivity contribution in [3.63, 3.8) is 0 Å². The van der Waals surface area contributed by atoms with E-state index in [2.05, 4.69) is 5.32 Å². The first kappa shape index (κ1) is 12.9. The van der Waals surface area contributed by atoms with Crippen molar-refractivity contribution in [1.82, 2.24) is 10.2 Å². The van der Waals surface area contributed by atoms with Crippen LogP contribution in [-0.2, 0) is 14.3 Å². The van der Waals surface area contributed by atoms with E-state index < -0.39 is 5.54 Å². The van der Waals surface area contributed by atoms with Gasteiger partial charge in [-0.3, -0.25) is 9.59 Å². The Balaban J connectivity index is 2.65. The lowest BCUT2D eigenvalue weighted by molar-refractivity contribution is -0.140. The number of hydrogen-bond acceptors (Lipinski definition) is 4. The van der Waals surface area contributed by atoms with Gasteiger partial charge in [-0.15, -0.1) is 0 Å². The van der Waals surface area contributed by atoms with Gasteiger partial charge in [-0.05, 0) is 13.3 Å². The molecule has 0 aromatic carbocycles. The highest BCUT2D eigenvalue weighted by atomic mass is 16.5. The van der Waals surface area contributed by atoms with Crippen LogP contribution >= 0.6 is 0 Å². The Bertz CT molecular complexity index is 274. The number of carbonyl (C=O) groups excluding carboxylic acids is 2. The molecule has 1 fully saturated rings. The largest absolute Gasteiger partial charge is 0.379 e. The standard InChI is InChI=1S/C10H19N3O3/c1-3-13(6-8(14)12-2)9(15)10(11)4-5-16-7-10/h3-7,11H2,1-2H3,(H,12,14). The van der Waals surface area contributed by atoms with E-state index in [9.17, 15) is 9.59 Å². The summed E-state index contributed by atoms with van der Waals surface area (Å²) in [6.07, 6.45) is 0.510. The van der Waals surface area contributed by atoms with Crippen molar-refractivity contribution in [2.75, 3.05) is 33.4 Å². The molecule has 0 saturated carbocycles. The highest BCUT2D eigenvalue weighted by Crippen LogP contribution is 2.18. The molecule has 16 heavy (non-hydrogen) atoms. The van der Waals surface area contributed by atoms with E-state index in [0.717, 1.165) is 0 Å². The molecular weight excluding hydrogens is 210 g/mol. The van der Waals surface area contributed by atoms with E-state index in [1.54, 1.807) is 0 Å². The summed E-state index contributed by atoms with van der Waals surface area (Å²) < 4.78 is 5.13. The Morgan fingerprint density at radius 3 is 2.69 bits per heavy atom. The predicted molar refractivity (Wildman–Crippen MR) is 58.7 cm³/mol. The first-order valence-electron chi connectivity index (χ1n) is 5.40. The van der Waals surface area contributed by atoms with Gasteiger partial charge in [0.05, 0.1) is 13.2 Å². The minimum atomic E-state index is -0.954. The van der Waals surface area contributed by atoms with Gasteiger partial charge in [0.2, 0.25) is 11.8 Å². The zero-order valence-electron chi connectivity index (χ0n) is 9.78. The molecule has 0 bridgehead atoms. The van der Waals surface area contributed by atoms with Crippen molar-refractivity contribution in [3.8, 4) is 0 Å². The van der Waals surface area contributed by atoms with Crippen molar-refractivity contribution in [2.24, 2.45) is 5.73 Å². The first-order chi connectivity index (χ1) is 7.53. The second-order valence-corrected chi connectivity index (χ2v) is 3.95. The predicted octanol–water partition coefficient (Wildman–Crippen LogP) is -1.30. The normalized spacial score (nSPS) is 24.2. The maximum Gasteiger partial charge on any atom is 0.245 e. The van der Waals surface area contributed by atoms with Crippen LogP contribution in [0.15, 0.2) is 0 Å². The smallest absolute Gasteiger partial charge is 0.245 e. The molecule has 1 atom stereocenters. The van der Waals surface area contributed by atoms with Crippen LogP contribution in [0.25, 0.3) is 0 Å². The van der Waals surface area contributed by atoms with Crippen LogP contribution in [0.5, 0.6) is 0 Å². The molecule has 2 amide bonds. The van der Waals surface area contributed by atoms with E-state index in [-0.39, 0.29) is 25.0 Å². The quantitative estimate of drug-likeness (QED) is 0.627. The van der Waals surface area contributed by atoms with Gasteiger partial charge in [0.1, 0.15) is 5.54 Å². The Labute approximate surface area is 95.1 Å². The van der Waals surface area contributed by atoms with Gasteiger partial charge in [0.15, 0.2) is 0 Å². The van der Waals surface area contributed by atoms with Gasteiger partial charge in [-0.2, -0.15) is 0 Å². The monoisotopic (exact) mass is 229 g/mol. The van der Waals surface area contributed by atoms with Crippen molar-refractivity contribution in [1.29, 1.82) is 0 Å². The van der Waals surface area contributed by atoms with E-state index in [1.165, 1.54) is 11.9 Å². The first-order valence-corrected chi connectivity index (χ1v) is 5.40. The van der Waals surface area contributed by atoms with Crippen LogP contribution < -0.4 is 11.1 Å². The highest BCUT2D eigenvalue weighted by Gasteiger charge is 2.40. The lowest BCUT2D eigenvalue weighted by Gasteiger charge is -2.29. The van der Waals surface area contributed by atoms with E-state index in [0.29, 0.717) is 19.6 Å². The minimum Gasteiger partial charge on any atom is -0.379 e. The number of ether oxygens (including phenoxy) is 1. The fraction of sp³-hybridized carbons (Fsp3) is 0.800. The SMILES string of the molecule is CCN(CC(=O)NC)C(=O)C1(N)CCOC1. The molecule has 0 aromatic heterocycles. The number of nitrogens with two attached hydrogens (primary N) is 1. The number of nitrogens with zero attached hydrogens (tertiary/aromatic N) is 1. The van der Waals surface area contributed by atoms with Gasteiger partial charge in [-0.25, -0.2) is 0 Å². The average molecular weight is 229 g/mol. The number of carbonyl (C=O) groups is 2. The fourth-order valence-corrected chi connectivity index (χ4v) is 1.64. The summed E-state index contributed by atoms with van der Waals surface area (Å²) in [5.41, 5.74) is 4.99. The second-order valence-electron chi connectivity index (χ2n) is 3.95. The van der Waals surface area contributed by atoms with Crippen LogP contribution in [0.1, 0.15) is 13.3 Å². The third-order valence-electron chi connectivity index (χ3n) is 2.76. The molecule has 1 saturated heterocycles. The summed E-state index contributed by atoms with van der Waals surface area (Å²) in [5.74, 6) is -0.409. The molecule has 6 nitrogen and oxygen atoms in total. The minimum absolute atomic E-state index is 0.0464. The van der Waals surface area contributed by atoms with E-state index in [4.69, 9.17) is 10.5 Å². The Hall–Kier alpha value is -1.14. The number of nitrogens with one attached hydrogen (secondary N) is 1. The number of amides is 2. The van der Waals surface area contributed by atoms with Crippen LogP contribution in [0.4, 0.5) is 0 Å². The average Bonchev–Trinajstić information content (AvgIpc) is 2.73. The van der Waals surface area contributed by atoms with Gasteiger partial charge in [-0.1, -0.05) is 0 Å². The summed E-state index contributed by atoms with van der Waals surface area (Å²) >= 11 is 0. The summed E-state index contributed by atoms with van der Waals surface area (Å²) in [6.45, 7) is 3.06. The van der Waals surface area contributed by atoms with Crippen LogP contribution in [-0.4, -0.2) is 55.6 Å². The summed E-state index contributed by atoms with van der Waals surface area (Å²) in [7, 11) is 1.54. The van der Waals surface area contributed by atoms with Gasteiger partial charge in [0, 0.05) is 20.2 Å². The molecule has 3 N–H and O–H groups in total. The number of rotatable bonds is 4. The number of hydrogen-bond donors (Lipinski definition) is 2. The molecule has 6 heteroatoms. The molecule has 1 rings (SSSR count). The zero-order chi connectivity index (χ0) is 12.2. The van der Waals surface area contributed by atoms with Crippen LogP contribution in [0.3, 0.4) is 0 Å². The van der Waals surface area contributed by atoms with Crippen molar-refractivity contribution in [3.05, 3.63) is 0 Å². The molecule has 0 aliphatic carbocycles. The fourth-order valence-electron chi connectivity index (χ4n) is 1.64. The lowest BCUT2D eigenvalue weighted by atomic mass is 9.98. The van der Waals surface area contributed by atoms with Crippen LogP contribution in [0, 0.1) is 0 Å². The highest BCUT2D eigenvalue weighted by molar-refractivity contribution is 5.90. The maximum atomic E-state index is 12.1. The van der Waals surface area contributed by atoms with E-state index >= 15 is 0 Å². The second kappa shape index (κ2) is 5.27. The van der Waals surface area contributed by atoms with Crippen molar-refractivity contribution >= 4 is 11.8 Å². The lowest BCUT2D eigenvalue weighted by Crippen LogP contribution is -2.57.